The summed E-state index contributed by atoms with van der Waals surface area (Å²) in [5.74, 6) is -2.07. The van der Waals surface area contributed by atoms with E-state index < -0.39 is 40.4 Å². The Morgan fingerprint density at radius 1 is 0.941 bits per heavy atom. The van der Waals surface area contributed by atoms with Gasteiger partial charge in [-0.05, 0) is 48.4 Å². The van der Waals surface area contributed by atoms with Gasteiger partial charge in [-0.3, -0.25) is 29.4 Å². The normalized spacial score (nSPS) is 19.3. The minimum atomic E-state index is -1.17. The van der Waals surface area contributed by atoms with E-state index >= 15 is 0 Å². The zero-order valence-corrected chi connectivity index (χ0v) is 19.9. The first kappa shape index (κ1) is 22.2. The van der Waals surface area contributed by atoms with E-state index in [1.807, 2.05) is 13.0 Å². The molecule has 0 saturated carbocycles. The molecule has 0 bridgehead atoms. The van der Waals surface area contributed by atoms with Crippen LogP contribution in [0.1, 0.15) is 37.9 Å². The van der Waals surface area contributed by atoms with Gasteiger partial charge in [-0.2, -0.15) is 0 Å². The molecule has 0 unspecified atom stereocenters. The fourth-order valence-electron chi connectivity index (χ4n) is 4.46. The van der Waals surface area contributed by atoms with E-state index in [2.05, 4.69) is 15.9 Å². The molecule has 34 heavy (non-hydrogen) atoms. The molecule has 2 atom stereocenters. The number of aryl methyl sites for hydroxylation is 1. The Morgan fingerprint density at radius 2 is 1.68 bits per heavy atom. The third-order valence-corrected chi connectivity index (χ3v) is 6.99. The molecule has 2 heterocycles. The molecule has 1 fully saturated rings. The molecule has 2 aliphatic heterocycles. The highest BCUT2D eigenvalue weighted by molar-refractivity contribution is 9.10. The number of imide groups is 1. The first-order valence-electron chi connectivity index (χ1n) is 10.2. The number of amides is 3. The lowest BCUT2D eigenvalue weighted by atomic mass is 9.86. The van der Waals surface area contributed by atoms with Crippen molar-refractivity contribution in [1.82, 2.24) is 4.90 Å². The van der Waals surface area contributed by atoms with Crippen LogP contribution in [0.3, 0.4) is 0 Å². The number of nitro benzene ring substituents is 1. The first-order chi connectivity index (χ1) is 16.2. The average Bonchev–Trinajstić information content (AvgIpc) is 3.05. The maximum Gasteiger partial charge on any atom is 0.282 e. The summed E-state index contributed by atoms with van der Waals surface area (Å²) in [6.07, 6.45) is 0. The van der Waals surface area contributed by atoms with Crippen molar-refractivity contribution in [3.05, 3.63) is 103 Å². The number of carbonyl (C=O) groups is 3. The van der Waals surface area contributed by atoms with E-state index in [1.165, 1.54) is 23.1 Å². The second kappa shape index (κ2) is 8.03. The van der Waals surface area contributed by atoms with Crippen LogP contribution in [0, 0.1) is 17.0 Å². The predicted octanol–water partition coefficient (Wildman–Crippen LogP) is 5.07. The fraction of sp³-hybridized carbons (Fsp3) is 0.125. The zero-order chi connectivity index (χ0) is 24.3. The van der Waals surface area contributed by atoms with E-state index in [1.54, 1.807) is 36.4 Å². The van der Waals surface area contributed by atoms with E-state index in [4.69, 9.17) is 11.6 Å². The monoisotopic (exact) mass is 539 g/mol. The van der Waals surface area contributed by atoms with Crippen molar-refractivity contribution >= 4 is 56.6 Å². The summed E-state index contributed by atoms with van der Waals surface area (Å²) in [6, 6.07) is 14.4. The third kappa shape index (κ3) is 3.23. The number of carbonyl (C=O) groups excluding carboxylic acids is 3. The number of nitrogens with zero attached hydrogens (tertiary/aromatic N) is 3. The van der Waals surface area contributed by atoms with Crippen LogP contribution in [0.4, 0.5) is 11.4 Å². The number of hydrogen-bond donors (Lipinski definition) is 0. The molecular weight excluding hydrogens is 526 g/mol. The molecule has 0 N–H and O–H groups in total. The number of fused-ring (bicyclic) bond motifs is 1. The van der Waals surface area contributed by atoms with Crippen LogP contribution < -0.4 is 4.90 Å². The Hall–Kier alpha value is -3.56. The van der Waals surface area contributed by atoms with Crippen LogP contribution in [-0.2, 0) is 4.79 Å². The number of hydrogen-bond acceptors (Lipinski definition) is 5. The number of anilines is 1. The van der Waals surface area contributed by atoms with Crippen molar-refractivity contribution in [2.24, 2.45) is 0 Å². The van der Waals surface area contributed by atoms with Gasteiger partial charge in [-0.25, -0.2) is 0 Å². The molecule has 3 aromatic carbocycles. The van der Waals surface area contributed by atoms with Gasteiger partial charge in [-0.15, -0.1) is 0 Å². The molecule has 3 amide bonds. The third-order valence-electron chi connectivity index (χ3n) is 6.09. The maximum absolute atomic E-state index is 13.5. The van der Waals surface area contributed by atoms with E-state index in [-0.39, 0.29) is 11.1 Å². The van der Waals surface area contributed by atoms with Crippen LogP contribution >= 0.6 is 27.5 Å². The SMILES string of the molecule is Cc1ccc(N2C(=O)[C@@H](N3C(=O)c4cccc([N+](=O)[O-])c4C3=O)[C@H]2c2cccc(Br)c2)cc1Cl. The number of benzene rings is 3. The van der Waals surface area contributed by atoms with Crippen LogP contribution in [0.25, 0.3) is 0 Å². The van der Waals surface area contributed by atoms with Gasteiger partial charge >= 0.3 is 0 Å². The van der Waals surface area contributed by atoms with Crippen LogP contribution in [0.15, 0.2) is 65.1 Å². The van der Waals surface area contributed by atoms with Gasteiger partial charge in [0.15, 0.2) is 0 Å². The van der Waals surface area contributed by atoms with E-state index in [9.17, 15) is 24.5 Å². The van der Waals surface area contributed by atoms with Gasteiger partial charge in [0, 0.05) is 21.2 Å². The summed E-state index contributed by atoms with van der Waals surface area (Å²) in [5.41, 5.74) is 1.19. The van der Waals surface area contributed by atoms with Gasteiger partial charge in [0.25, 0.3) is 23.4 Å². The molecule has 0 aliphatic carbocycles. The number of β-lactam (4-membered cyclic amide) rings is 1. The minimum absolute atomic E-state index is 0.0863. The summed E-state index contributed by atoms with van der Waals surface area (Å²) >= 11 is 9.72. The van der Waals surface area contributed by atoms with Crippen LogP contribution in [0.5, 0.6) is 0 Å². The average molecular weight is 541 g/mol. The zero-order valence-electron chi connectivity index (χ0n) is 17.6. The summed E-state index contributed by atoms with van der Waals surface area (Å²) in [5, 5.41) is 12.0. The molecule has 5 rings (SSSR count). The Labute approximate surface area is 207 Å². The molecule has 0 spiro atoms. The molecular formula is C24H15BrClN3O5. The lowest BCUT2D eigenvalue weighted by molar-refractivity contribution is -0.385. The quantitative estimate of drug-likeness (QED) is 0.199. The lowest BCUT2D eigenvalue weighted by Crippen LogP contribution is -2.67. The van der Waals surface area contributed by atoms with E-state index in [0.29, 0.717) is 16.3 Å². The molecule has 3 aromatic rings. The van der Waals surface area contributed by atoms with Crippen molar-refractivity contribution in [1.29, 1.82) is 0 Å². The second-order valence-electron chi connectivity index (χ2n) is 8.02. The molecule has 0 aromatic heterocycles. The highest BCUT2D eigenvalue weighted by Crippen LogP contribution is 2.46. The van der Waals surface area contributed by atoms with E-state index in [0.717, 1.165) is 14.9 Å². The molecule has 8 nitrogen and oxygen atoms in total. The predicted molar refractivity (Wildman–Crippen MR) is 128 cm³/mol. The van der Waals surface area contributed by atoms with Gasteiger partial charge in [0.05, 0.1) is 16.5 Å². The number of nitro groups is 1. The number of halogens is 2. The van der Waals surface area contributed by atoms with Gasteiger partial charge in [-0.1, -0.05) is 51.8 Å². The topological polar surface area (TPSA) is 101 Å². The molecule has 0 radical (unpaired) electrons. The second-order valence-corrected chi connectivity index (χ2v) is 9.35. The summed E-state index contributed by atoms with van der Waals surface area (Å²) in [6.45, 7) is 1.84. The number of rotatable bonds is 4. The van der Waals surface area contributed by atoms with Crippen molar-refractivity contribution < 1.29 is 19.3 Å². The first-order valence-corrected chi connectivity index (χ1v) is 11.4. The molecule has 170 valence electrons. The minimum Gasteiger partial charge on any atom is -0.300 e. The highest BCUT2D eigenvalue weighted by Gasteiger charge is 2.58. The fourth-order valence-corrected chi connectivity index (χ4v) is 5.05. The summed E-state index contributed by atoms with van der Waals surface area (Å²) in [4.78, 5) is 53.1. The van der Waals surface area contributed by atoms with Crippen molar-refractivity contribution in [2.45, 2.75) is 19.0 Å². The van der Waals surface area contributed by atoms with Crippen LogP contribution in [0.2, 0.25) is 5.02 Å². The summed E-state index contributed by atoms with van der Waals surface area (Å²) in [7, 11) is 0. The van der Waals surface area contributed by atoms with Crippen LogP contribution in [-0.4, -0.2) is 33.6 Å². The Kier molecular flexibility index (Phi) is 5.26. The smallest absolute Gasteiger partial charge is 0.282 e. The Morgan fingerprint density at radius 3 is 2.35 bits per heavy atom. The van der Waals surface area contributed by atoms with Crippen molar-refractivity contribution in [3.63, 3.8) is 0 Å². The molecule has 1 saturated heterocycles. The lowest BCUT2D eigenvalue weighted by Gasteiger charge is -2.49. The van der Waals surface area contributed by atoms with Gasteiger partial charge in [0.2, 0.25) is 0 Å². The standard InChI is InChI=1S/C24H15BrClN3O5/c1-12-8-9-15(11-17(12)26)27-20(13-4-2-5-14(25)10-13)21(24(27)32)28-22(30)16-6-3-7-18(29(33)34)19(16)23(28)31/h2-11,20-21H,1H3/t20-,21+/m1/s1. The van der Waals surface area contributed by atoms with Gasteiger partial charge in [0.1, 0.15) is 11.6 Å². The van der Waals surface area contributed by atoms with Crippen molar-refractivity contribution in [2.75, 3.05) is 4.90 Å². The maximum atomic E-state index is 13.5. The highest BCUT2D eigenvalue weighted by atomic mass is 79.9. The summed E-state index contributed by atoms with van der Waals surface area (Å²) < 4.78 is 0.753. The molecule has 10 heteroatoms. The molecule has 2 aliphatic rings. The Bertz CT molecular complexity index is 1430. The van der Waals surface area contributed by atoms with Crippen molar-refractivity contribution in [3.8, 4) is 0 Å². The largest absolute Gasteiger partial charge is 0.300 e. The Balaban J connectivity index is 1.62. The van der Waals surface area contributed by atoms with Gasteiger partial charge < -0.3 is 4.90 Å².